The van der Waals surface area contributed by atoms with Crippen molar-refractivity contribution in [2.24, 2.45) is 5.92 Å². The third kappa shape index (κ3) is 11.3. The van der Waals surface area contributed by atoms with E-state index in [4.69, 9.17) is 9.47 Å². The zero-order valence-electron chi connectivity index (χ0n) is 29.2. The van der Waals surface area contributed by atoms with Crippen molar-refractivity contribution in [1.82, 2.24) is 10.2 Å². The molecular weight excluding hydrogens is 594 g/mol. The standard InChI is InChI=1S/C38H51N3O6/c1-24(2)10-11-27(5)41(36(44)33(40-37(45)47-38(6,7)8)23-28-12-16-31(42)17-13-28)34(29-21-25(3)20-26(4)22-29)35(43)39-30-14-18-32(46-9)19-15-30/h12-22,24,27,33-34,42H,10-11,23H2,1-9H3,(H,39,43)(H,40,45). The van der Waals surface area contributed by atoms with Gasteiger partial charge in [0.2, 0.25) is 5.91 Å². The van der Waals surface area contributed by atoms with E-state index in [9.17, 15) is 19.5 Å². The number of phenols is 1. The molecule has 3 amide bonds. The van der Waals surface area contributed by atoms with E-state index in [1.54, 1.807) is 69.2 Å². The summed E-state index contributed by atoms with van der Waals surface area (Å²) in [6.45, 7) is 15.4. The maximum Gasteiger partial charge on any atom is 0.408 e. The summed E-state index contributed by atoms with van der Waals surface area (Å²) in [5, 5.41) is 15.7. The lowest BCUT2D eigenvalue weighted by molar-refractivity contribution is -0.143. The Hall–Kier alpha value is -4.53. The topological polar surface area (TPSA) is 117 Å². The quantitative estimate of drug-likeness (QED) is 0.177. The first kappa shape index (κ1) is 36.9. The number of hydrogen-bond donors (Lipinski definition) is 3. The number of nitrogens with one attached hydrogen (secondary N) is 2. The Morgan fingerprint density at radius 2 is 1.47 bits per heavy atom. The van der Waals surface area contributed by atoms with Gasteiger partial charge in [-0.3, -0.25) is 9.59 Å². The third-order valence-corrected chi connectivity index (χ3v) is 7.70. The molecule has 0 saturated carbocycles. The second kappa shape index (κ2) is 16.3. The van der Waals surface area contributed by atoms with Gasteiger partial charge in [0.25, 0.3) is 5.91 Å². The number of aromatic hydroxyl groups is 1. The van der Waals surface area contributed by atoms with Crippen LogP contribution in [-0.2, 0) is 20.7 Å². The average molecular weight is 646 g/mol. The van der Waals surface area contributed by atoms with Crippen LogP contribution in [0.4, 0.5) is 10.5 Å². The number of methoxy groups -OCH3 is 1. The molecule has 0 spiro atoms. The number of aryl methyl sites for hydroxylation is 2. The lowest BCUT2D eigenvalue weighted by Crippen LogP contribution is -2.55. The molecule has 0 aliphatic carbocycles. The summed E-state index contributed by atoms with van der Waals surface area (Å²) < 4.78 is 10.8. The average Bonchev–Trinajstić information content (AvgIpc) is 2.97. The molecule has 0 radical (unpaired) electrons. The first-order chi connectivity index (χ1) is 22.1. The van der Waals surface area contributed by atoms with Gasteiger partial charge in [0.05, 0.1) is 7.11 Å². The van der Waals surface area contributed by atoms with Crippen molar-refractivity contribution in [3.8, 4) is 11.5 Å². The van der Waals surface area contributed by atoms with E-state index in [0.717, 1.165) is 23.1 Å². The van der Waals surface area contributed by atoms with Crippen molar-refractivity contribution >= 4 is 23.6 Å². The van der Waals surface area contributed by atoms with Crippen molar-refractivity contribution in [3.05, 3.63) is 89.0 Å². The molecule has 3 rings (SSSR count). The van der Waals surface area contributed by atoms with Crippen molar-refractivity contribution in [3.63, 3.8) is 0 Å². The lowest BCUT2D eigenvalue weighted by atomic mass is 9.94. The summed E-state index contributed by atoms with van der Waals surface area (Å²) in [6.07, 6.45) is 0.840. The zero-order valence-corrected chi connectivity index (χ0v) is 29.2. The highest BCUT2D eigenvalue weighted by Gasteiger charge is 2.39. The van der Waals surface area contributed by atoms with Gasteiger partial charge in [-0.2, -0.15) is 0 Å². The number of anilines is 1. The molecule has 47 heavy (non-hydrogen) atoms. The van der Waals surface area contributed by atoms with Crippen LogP contribution in [-0.4, -0.2) is 52.7 Å². The van der Waals surface area contributed by atoms with Gasteiger partial charge in [-0.25, -0.2) is 4.79 Å². The molecule has 254 valence electrons. The van der Waals surface area contributed by atoms with Crippen LogP contribution >= 0.6 is 0 Å². The molecule has 0 fully saturated rings. The summed E-state index contributed by atoms with van der Waals surface area (Å²) in [5.41, 5.74) is 3.06. The van der Waals surface area contributed by atoms with Crippen LogP contribution in [0.25, 0.3) is 0 Å². The van der Waals surface area contributed by atoms with Gasteiger partial charge >= 0.3 is 6.09 Å². The molecular formula is C38H51N3O6. The summed E-state index contributed by atoms with van der Waals surface area (Å²) in [4.78, 5) is 44.1. The molecule has 0 bridgehead atoms. The first-order valence-electron chi connectivity index (χ1n) is 16.2. The summed E-state index contributed by atoms with van der Waals surface area (Å²) in [6, 6.07) is 16.9. The number of amides is 3. The van der Waals surface area contributed by atoms with Gasteiger partial charge in [0.1, 0.15) is 29.2 Å². The van der Waals surface area contributed by atoms with Gasteiger partial charge in [-0.1, -0.05) is 55.3 Å². The summed E-state index contributed by atoms with van der Waals surface area (Å²) >= 11 is 0. The molecule has 3 aromatic rings. The van der Waals surface area contributed by atoms with Crippen molar-refractivity contribution in [2.75, 3.05) is 12.4 Å². The Morgan fingerprint density at radius 1 is 0.872 bits per heavy atom. The van der Waals surface area contributed by atoms with E-state index in [1.165, 1.54) is 12.1 Å². The number of carbonyl (C=O) groups excluding carboxylic acids is 3. The summed E-state index contributed by atoms with van der Waals surface area (Å²) in [7, 11) is 1.58. The molecule has 3 unspecified atom stereocenters. The number of nitrogens with zero attached hydrogens (tertiary/aromatic N) is 1. The highest BCUT2D eigenvalue weighted by atomic mass is 16.6. The van der Waals surface area contributed by atoms with Gasteiger partial charge in [0.15, 0.2) is 0 Å². The molecule has 0 aliphatic heterocycles. The molecule has 3 aromatic carbocycles. The summed E-state index contributed by atoms with van der Waals surface area (Å²) in [5.74, 6) is 0.304. The predicted octanol–water partition coefficient (Wildman–Crippen LogP) is 7.49. The highest BCUT2D eigenvalue weighted by molar-refractivity contribution is 5.99. The van der Waals surface area contributed by atoms with E-state index in [-0.39, 0.29) is 24.1 Å². The highest BCUT2D eigenvalue weighted by Crippen LogP contribution is 2.31. The third-order valence-electron chi connectivity index (χ3n) is 7.70. The van der Waals surface area contributed by atoms with Crippen molar-refractivity contribution in [2.45, 2.75) is 98.4 Å². The Labute approximate surface area is 279 Å². The predicted molar refractivity (Wildman–Crippen MR) is 186 cm³/mol. The van der Waals surface area contributed by atoms with Crippen LogP contribution in [0.2, 0.25) is 0 Å². The van der Waals surface area contributed by atoms with Gasteiger partial charge < -0.3 is 30.1 Å². The van der Waals surface area contributed by atoms with Crippen LogP contribution in [0, 0.1) is 19.8 Å². The number of rotatable bonds is 13. The SMILES string of the molecule is COc1ccc(NC(=O)C(c2cc(C)cc(C)c2)N(C(=O)C(Cc2ccc(O)cc2)NC(=O)OC(C)(C)C)C(C)CCC(C)C)cc1. The number of alkyl carbamates (subject to hydrolysis) is 1. The molecule has 3 N–H and O–H groups in total. The van der Waals surface area contributed by atoms with Gasteiger partial charge in [-0.15, -0.1) is 0 Å². The number of carbonyl (C=O) groups is 3. The minimum Gasteiger partial charge on any atom is -0.508 e. The second-order valence-electron chi connectivity index (χ2n) is 13.7. The Kier molecular flexibility index (Phi) is 12.8. The van der Waals surface area contributed by atoms with Gasteiger partial charge in [-0.05, 0) is 108 Å². The molecule has 0 aliphatic rings. The smallest absolute Gasteiger partial charge is 0.408 e. The van der Waals surface area contributed by atoms with Crippen LogP contribution < -0.4 is 15.4 Å². The van der Waals surface area contributed by atoms with Crippen molar-refractivity contribution in [1.29, 1.82) is 0 Å². The van der Waals surface area contributed by atoms with Crippen LogP contribution in [0.3, 0.4) is 0 Å². The van der Waals surface area contributed by atoms with Gasteiger partial charge in [0, 0.05) is 18.2 Å². The Balaban J connectivity index is 2.16. The first-order valence-corrected chi connectivity index (χ1v) is 16.2. The van der Waals surface area contributed by atoms with Crippen LogP contribution in [0.1, 0.15) is 82.7 Å². The zero-order chi connectivity index (χ0) is 34.9. The molecule has 9 heteroatoms. The lowest BCUT2D eigenvalue weighted by Gasteiger charge is -2.39. The maximum atomic E-state index is 14.9. The van der Waals surface area contributed by atoms with E-state index >= 15 is 0 Å². The van der Waals surface area contributed by atoms with E-state index in [0.29, 0.717) is 29.3 Å². The number of phenolic OH excluding ortho intramolecular Hbond substituents is 1. The molecule has 3 atom stereocenters. The molecule has 0 saturated heterocycles. The van der Waals surface area contributed by atoms with E-state index in [1.807, 2.05) is 39.0 Å². The van der Waals surface area contributed by atoms with E-state index in [2.05, 4.69) is 24.5 Å². The normalized spacial score (nSPS) is 13.3. The maximum absolute atomic E-state index is 14.9. The minimum absolute atomic E-state index is 0.0887. The second-order valence-corrected chi connectivity index (χ2v) is 13.7. The number of ether oxygens (including phenoxy) is 2. The number of benzene rings is 3. The molecule has 0 aromatic heterocycles. The fourth-order valence-electron chi connectivity index (χ4n) is 5.50. The Bertz CT molecular complexity index is 1480. The van der Waals surface area contributed by atoms with Crippen LogP contribution in [0.5, 0.6) is 11.5 Å². The molecule has 0 heterocycles. The Morgan fingerprint density at radius 3 is 2.00 bits per heavy atom. The fraction of sp³-hybridized carbons (Fsp3) is 0.447. The number of hydrogen-bond acceptors (Lipinski definition) is 6. The minimum atomic E-state index is -1.07. The monoisotopic (exact) mass is 645 g/mol. The van der Waals surface area contributed by atoms with E-state index < -0.39 is 29.7 Å². The fourth-order valence-corrected chi connectivity index (χ4v) is 5.50. The van der Waals surface area contributed by atoms with Crippen LogP contribution in [0.15, 0.2) is 66.7 Å². The van der Waals surface area contributed by atoms with Crippen molar-refractivity contribution < 1.29 is 29.0 Å². The largest absolute Gasteiger partial charge is 0.508 e. The molecule has 9 nitrogen and oxygen atoms in total.